The summed E-state index contributed by atoms with van der Waals surface area (Å²) in [5, 5.41) is 11.7. The zero-order valence-electron chi connectivity index (χ0n) is 10.3. The lowest BCUT2D eigenvalue weighted by Crippen LogP contribution is -2.20. The molecule has 0 radical (unpaired) electrons. The van der Waals surface area contributed by atoms with Gasteiger partial charge in [0.25, 0.3) is 0 Å². The second kappa shape index (κ2) is 6.23. The molecule has 1 aromatic rings. The van der Waals surface area contributed by atoms with E-state index in [-0.39, 0.29) is 18.4 Å². The molecule has 1 amide bonds. The summed E-state index contributed by atoms with van der Waals surface area (Å²) in [7, 11) is 0. The number of hydrogen-bond donors (Lipinski definition) is 2. The van der Waals surface area contributed by atoms with Crippen molar-refractivity contribution in [3.05, 3.63) is 29.8 Å². The molecule has 0 aromatic heterocycles. The predicted molar refractivity (Wildman–Crippen MR) is 71.0 cm³/mol. The zero-order chi connectivity index (χ0) is 12.8. The largest absolute Gasteiger partial charge is 0.384 e. The van der Waals surface area contributed by atoms with E-state index < -0.39 is 0 Å². The van der Waals surface area contributed by atoms with Crippen LogP contribution in [0, 0.1) is 17.8 Å². The lowest BCUT2D eigenvalue weighted by Gasteiger charge is -2.11. The summed E-state index contributed by atoms with van der Waals surface area (Å²) < 4.78 is 0. The number of carbonyl (C=O) groups is 1. The molecule has 0 saturated heterocycles. The van der Waals surface area contributed by atoms with Crippen LogP contribution < -0.4 is 5.32 Å². The first-order valence-corrected chi connectivity index (χ1v) is 6.31. The van der Waals surface area contributed by atoms with Gasteiger partial charge in [-0.25, -0.2) is 0 Å². The number of amides is 1. The van der Waals surface area contributed by atoms with Crippen molar-refractivity contribution in [3.63, 3.8) is 0 Å². The highest BCUT2D eigenvalue weighted by molar-refractivity contribution is 5.94. The molecule has 0 bridgehead atoms. The van der Waals surface area contributed by atoms with Gasteiger partial charge < -0.3 is 10.4 Å². The van der Waals surface area contributed by atoms with Gasteiger partial charge in [0.2, 0.25) is 5.91 Å². The smallest absolute Gasteiger partial charge is 0.227 e. The number of hydrogen-bond acceptors (Lipinski definition) is 2. The number of rotatable bonds is 2. The number of para-hydroxylation sites is 1. The van der Waals surface area contributed by atoms with Crippen LogP contribution in [-0.4, -0.2) is 17.6 Å². The number of carbonyl (C=O) groups excluding carboxylic acids is 1. The summed E-state index contributed by atoms with van der Waals surface area (Å²) in [5.74, 6) is 5.68. The minimum absolute atomic E-state index is 0.0887. The third kappa shape index (κ3) is 3.12. The first-order valence-electron chi connectivity index (χ1n) is 6.31. The molecule has 1 aliphatic rings. The normalized spacial score (nSPS) is 14.9. The Morgan fingerprint density at radius 1 is 1.33 bits per heavy atom. The minimum atomic E-state index is -0.176. The van der Waals surface area contributed by atoms with Crippen molar-refractivity contribution in [3.8, 4) is 11.8 Å². The number of benzene rings is 1. The van der Waals surface area contributed by atoms with E-state index in [0.29, 0.717) is 0 Å². The van der Waals surface area contributed by atoms with E-state index in [1.165, 1.54) is 0 Å². The van der Waals surface area contributed by atoms with Gasteiger partial charge in [-0.2, -0.15) is 0 Å². The van der Waals surface area contributed by atoms with Gasteiger partial charge in [0.1, 0.15) is 6.61 Å². The highest BCUT2D eigenvalue weighted by atomic mass is 16.2. The quantitative estimate of drug-likeness (QED) is 0.782. The van der Waals surface area contributed by atoms with Crippen molar-refractivity contribution < 1.29 is 9.90 Å². The third-order valence-corrected chi connectivity index (χ3v) is 3.21. The van der Waals surface area contributed by atoms with Gasteiger partial charge in [0, 0.05) is 11.5 Å². The van der Waals surface area contributed by atoms with E-state index in [0.717, 1.165) is 36.9 Å². The van der Waals surface area contributed by atoms with Crippen molar-refractivity contribution in [1.29, 1.82) is 0 Å². The molecule has 1 aliphatic carbocycles. The van der Waals surface area contributed by atoms with Gasteiger partial charge in [-0.05, 0) is 25.0 Å². The fourth-order valence-corrected chi connectivity index (χ4v) is 2.26. The average Bonchev–Trinajstić information content (AvgIpc) is 2.91. The molecule has 0 aliphatic heterocycles. The lowest BCUT2D eigenvalue weighted by atomic mass is 10.1. The zero-order valence-corrected chi connectivity index (χ0v) is 10.3. The Bertz CT molecular complexity index is 479. The maximum atomic E-state index is 12.0. The van der Waals surface area contributed by atoms with E-state index in [2.05, 4.69) is 17.2 Å². The molecule has 0 spiro atoms. The average molecular weight is 243 g/mol. The van der Waals surface area contributed by atoms with Gasteiger partial charge in [-0.3, -0.25) is 4.79 Å². The number of aliphatic hydroxyl groups is 1. The van der Waals surface area contributed by atoms with Gasteiger partial charge >= 0.3 is 0 Å². The van der Waals surface area contributed by atoms with Gasteiger partial charge in [-0.15, -0.1) is 0 Å². The molecule has 0 unspecified atom stereocenters. The Hall–Kier alpha value is -1.79. The third-order valence-electron chi connectivity index (χ3n) is 3.21. The fourth-order valence-electron chi connectivity index (χ4n) is 2.26. The molecule has 2 N–H and O–H groups in total. The van der Waals surface area contributed by atoms with Gasteiger partial charge in [-0.1, -0.05) is 36.8 Å². The van der Waals surface area contributed by atoms with Crippen molar-refractivity contribution >= 4 is 11.6 Å². The highest BCUT2D eigenvalue weighted by Crippen LogP contribution is 2.26. The van der Waals surface area contributed by atoms with Crippen LogP contribution >= 0.6 is 0 Å². The molecule has 3 heteroatoms. The number of nitrogens with one attached hydrogen (secondary N) is 1. The summed E-state index contributed by atoms with van der Waals surface area (Å²) in [6.07, 6.45) is 4.25. The summed E-state index contributed by atoms with van der Waals surface area (Å²) in [6.45, 7) is -0.176. The fraction of sp³-hybridized carbons (Fsp3) is 0.400. The van der Waals surface area contributed by atoms with E-state index in [1.54, 1.807) is 0 Å². The number of anilines is 1. The second-order valence-electron chi connectivity index (χ2n) is 4.48. The second-order valence-corrected chi connectivity index (χ2v) is 4.48. The molecule has 0 heterocycles. The molecule has 1 fully saturated rings. The lowest BCUT2D eigenvalue weighted by molar-refractivity contribution is -0.119. The van der Waals surface area contributed by atoms with Gasteiger partial charge in [0.05, 0.1) is 5.69 Å². The first kappa shape index (κ1) is 12.7. The summed E-state index contributed by atoms with van der Waals surface area (Å²) in [4.78, 5) is 12.0. The van der Waals surface area contributed by atoms with Crippen molar-refractivity contribution in [2.45, 2.75) is 25.7 Å². The van der Waals surface area contributed by atoms with E-state index in [4.69, 9.17) is 5.11 Å². The summed E-state index contributed by atoms with van der Waals surface area (Å²) in [5.41, 5.74) is 1.48. The Morgan fingerprint density at radius 2 is 2.06 bits per heavy atom. The predicted octanol–water partition coefficient (Wildman–Crippen LogP) is 2.16. The van der Waals surface area contributed by atoms with Crippen LogP contribution in [0.5, 0.6) is 0 Å². The molecular formula is C15H17NO2. The first-order chi connectivity index (χ1) is 8.81. The van der Waals surface area contributed by atoms with Crippen LogP contribution in [0.15, 0.2) is 24.3 Å². The molecule has 0 atom stereocenters. The van der Waals surface area contributed by atoms with E-state index in [1.807, 2.05) is 24.3 Å². The molecule has 1 aromatic carbocycles. The standard InChI is InChI=1S/C15H17NO2/c17-11-5-9-12-6-3-4-10-14(12)16-15(18)13-7-1-2-8-13/h3-4,6,10,13,17H,1-2,7-8,11H2,(H,16,18). The number of aliphatic hydroxyl groups excluding tert-OH is 1. The molecule has 18 heavy (non-hydrogen) atoms. The Kier molecular flexibility index (Phi) is 4.38. The SMILES string of the molecule is O=C(Nc1ccccc1C#CCO)C1CCCC1. The summed E-state index contributed by atoms with van der Waals surface area (Å²) in [6, 6.07) is 7.42. The van der Waals surface area contributed by atoms with Crippen LogP contribution in [-0.2, 0) is 4.79 Å². The van der Waals surface area contributed by atoms with Crippen LogP contribution in [0.2, 0.25) is 0 Å². The van der Waals surface area contributed by atoms with Crippen LogP contribution in [0.1, 0.15) is 31.2 Å². The molecule has 94 valence electrons. The van der Waals surface area contributed by atoms with Gasteiger partial charge in [0.15, 0.2) is 0 Å². The monoisotopic (exact) mass is 243 g/mol. The highest BCUT2D eigenvalue weighted by Gasteiger charge is 2.22. The molecule has 3 nitrogen and oxygen atoms in total. The van der Waals surface area contributed by atoms with E-state index >= 15 is 0 Å². The molecular weight excluding hydrogens is 226 g/mol. The van der Waals surface area contributed by atoms with E-state index in [9.17, 15) is 4.79 Å². The Balaban J connectivity index is 2.10. The van der Waals surface area contributed by atoms with Crippen molar-refractivity contribution in [2.24, 2.45) is 5.92 Å². The maximum Gasteiger partial charge on any atom is 0.227 e. The molecule has 2 rings (SSSR count). The van der Waals surface area contributed by atoms with Crippen LogP contribution in [0.3, 0.4) is 0 Å². The Labute approximate surface area is 107 Å². The topological polar surface area (TPSA) is 49.3 Å². The Morgan fingerprint density at radius 3 is 2.78 bits per heavy atom. The van der Waals surface area contributed by atoms with Crippen LogP contribution in [0.25, 0.3) is 0 Å². The maximum absolute atomic E-state index is 12.0. The minimum Gasteiger partial charge on any atom is -0.384 e. The molecule has 1 saturated carbocycles. The van der Waals surface area contributed by atoms with Crippen molar-refractivity contribution in [1.82, 2.24) is 0 Å². The summed E-state index contributed by atoms with van der Waals surface area (Å²) >= 11 is 0. The van der Waals surface area contributed by atoms with Crippen LogP contribution in [0.4, 0.5) is 5.69 Å². The van der Waals surface area contributed by atoms with Crippen molar-refractivity contribution in [2.75, 3.05) is 11.9 Å².